The second-order valence-corrected chi connectivity index (χ2v) is 5.94. The number of likely N-dealkylation sites (tertiary alicyclic amines) is 1. The van der Waals surface area contributed by atoms with Gasteiger partial charge in [-0.3, -0.25) is 9.59 Å². The zero-order valence-corrected chi connectivity index (χ0v) is 14.5. The van der Waals surface area contributed by atoms with Crippen molar-refractivity contribution in [3.05, 3.63) is 47.8 Å². The lowest BCUT2D eigenvalue weighted by Gasteiger charge is -2.18. The first-order valence-electron chi connectivity index (χ1n) is 8.06. The van der Waals surface area contributed by atoms with Crippen LogP contribution in [-0.2, 0) is 4.79 Å². The minimum atomic E-state index is -0.933. The third-order valence-corrected chi connectivity index (χ3v) is 4.53. The first kappa shape index (κ1) is 17.7. The predicted octanol–water partition coefficient (Wildman–Crippen LogP) is 1.43. The van der Waals surface area contributed by atoms with E-state index in [1.807, 2.05) is 30.3 Å². The number of carboxylic acid groups (broad SMARTS) is 1. The number of aromatic nitrogens is 2. The molecule has 1 amide bonds. The van der Waals surface area contributed by atoms with Crippen molar-refractivity contribution in [3.8, 4) is 11.8 Å². The molecule has 1 aliphatic rings. The van der Waals surface area contributed by atoms with Crippen LogP contribution in [-0.4, -0.2) is 59.2 Å². The van der Waals surface area contributed by atoms with Gasteiger partial charge in [-0.05, 0) is 5.56 Å². The Bertz CT molecular complexity index is 789. The Kier molecular flexibility index (Phi) is 5.01. The van der Waals surface area contributed by atoms with E-state index in [2.05, 4.69) is 9.97 Å². The number of carbonyl (C=O) groups is 2. The number of hydrogen-bond donors (Lipinski definition) is 1. The molecule has 1 aliphatic heterocycles. The molecule has 26 heavy (non-hydrogen) atoms. The highest BCUT2D eigenvalue weighted by atomic mass is 16.5. The Morgan fingerprint density at radius 3 is 2.23 bits per heavy atom. The highest BCUT2D eigenvalue weighted by molar-refractivity contribution is 5.99. The van der Waals surface area contributed by atoms with Crippen molar-refractivity contribution in [3.63, 3.8) is 0 Å². The number of amides is 1. The topological polar surface area (TPSA) is 102 Å². The van der Waals surface area contributed by atoms with E-state index >= 15 is 0 Å². The number of methoxy groups -OCH3 is 2. The van der Waals surface area contributed by atoms with Gasteiger partial charge in [0.05, 0.1) is 20.1 Å². The van der Waals surface area contributed by atoms with Gasteiger partial charge in [0, 0.05) is 19.0 Å². The average molecular weight is 357 g/mol. The van der Waals surface area contributed by atoms with Crippen molar-refractivity contribution < 1.29 is 24.2 Å². The third kappa shape index (κ3) is 3.17. The number of nitrogens with zero attached hydrogens (tertiary/aromatic N) is 3. The molecule has 2 atom stereocenters. The van der Waals surface area contributed by atoms with Crippen molar-refractivity contribution in [2.75, 3.05) is 27.3 Å². The summed E-state index contributed by atoms with van der Waals surface area (Å²) in [4.78, 5) is 34.2. The molecule has 136 valence electrons. The van der Waals surface area contributed by atoms with Crippen LogP contribution in [0.25, 0.3) is 0 Å². The fraction of sp³-hybridized carbons (Fsp3) is 0.333. The molecular formula is C18H19N3O5. The van der Waals surface area contributed by atoms with Crippen LogP contribution in [0.4, 0.5) is 0 Å². The number of rotatable bonds is 5. The van der Waals surface area contributed by atoms with E-state index in [1.54, 1.807) is 0 Å². The normalized spacial score (nSPS) is 19.2. The molecule has 0 saturated carbocycles. The summed E-state index contributed by atoms with van der Waals surface area (Å²) in [6.07, 6.45) is 1.24. The summed E-state index contributed by atoms with van der Waals surface area (Å²) in [5.41, 5.74) is 0.980. The van der Waals surface area contributed by atoms with E-state index in [-0.39, 0.29) is 36.3 Å². The fourth-order valence-electron chi connectivity index (χ4n) is 3.26. The van der Waals surface area contributed by atoms with Gasteiger partial charge in [-0.1, -0.05) is 30.3 Å². The molecule has 0 unspecified atom stereocenters. The fourth-order valence-corrected chi connectivity index (χ4v) is 3.26. The quantitative estimate of drug-likeness (QED) is 0.864. The molecule has 8 nitrogen and oxygen atoms in total. The minimum absolute atomic E-state index is 0.0922. The summed E-state index contributed by atoms with van der Waals surface area (Å²) < 4.78 is 10.3. The molecule has 2 aromatic rings. The van der Waals surface area contributed by atoms with Gasteiger partial charge >= 0.3 is 5.97 Å². The molecule has 0 bridgehead atoms. The molecular weight excluding hydrogens is 338 g/mol. The summed E-state index contributed by atoms with van der Waals surface area (Å²) in [6.45, 7) is 0.371. The van der Waals surface area contributed by atoms with E-state index in [9.17, 15) is 14.7 Å². The minimum Gasteiger partial charge on any atom is -0.481 e. The monoisotopic (exact) mass is 357 g/mol. The summed E-state index contributed by atoms with van der Waals surface area (Å²) in [7, 11) is 2.80. The summed E-state index contributed by atoms with van der Waals surface area (Å²) >= 11 is 0. The summed E-state index contributed by atoms with van der Waals surface area (Å²) in [5.74, 6) is -2.14. The van der Waals surface area contributed by atoms with Crippen LogP contribution in [0.15, 0.2) is 36.7 Å². The Balaban J connectivity index is 1.94. The molecule has 1 fully saturated rings. The van der Waals surface area contributed by atoms with Crippen LogP contribution in [0.3, 0.4) is 0 Å². The SMILES string of the molecule is COc1ncnc(OC)c1C(=O)N1C[C@H](C(=O)O)[C@H](c2ccccc2)C1. The van der Waals surface area contributed by atoms with Gasteiger partial charge in [0.1, 0.15) is 6.33 Å². The van der Waals surface area contributed by atoms with E-state index < -0.39 is 17.8 Å². The molecule has 1 N–H and O–H groups in total. The largest absolute Gasteiger partial charge is 0.481 e. The van der Waals surface area contributed by atoms with Crippen LogP contribution in [0, 0.1) is 5.92 Å². The third-order valence-electron chi connectivity index (χ3n) is 4.53. The number of carboxylic acids is 1. The Hall–Kier alpha value is -3.16. The van der Waals surface area contributed by atoms with Crippen LogP contribution >= 0.6 is 0 Å². The summed E-state index contributed by atoms with van der Waals surface area (Å²) in [5, 5.41) is 9.60. The first-order valence-corrected chi connectivity index (χ1v) is 8.06. The second-order valence-electron chi connectivity index (χ2n) is 5.94. The number of ether oxygens (including phenoxy) is 2. The molecule has 0 aliphatic carbocycles. The van der Waals surface area contributed by atoms with E-state index in [0.29, 0.717) is 0 Å². The van der Waals surface area contributed by atoms with Crippen LogP contribution in [0.1, 0.15) is 21.8 Å². The van der Waals surface area contributed by atoms with Gasteiger partial charge in [0.2, 0.25) is 11.8 Å². The molecule has 3 rings (SSSR count). The maximum absolute atomic E-state index is 13.0. The molecule has 0 spiro atoms. The van der Waals surface area contributed by atoms with Gasteiger partial charge in [-0.2, -0.15) is 0 Å². The van der Waals surface area contributed by atoms with Crippen molar-refractivity contribution in [1.29, 1.82) is 0 Å². The lowest BCUT2D eigenvalue weighted by molar-refractivity contribution is -0.141. The highest BCUT2D eigenvalue weighted by Crippen LogP contribution is 2.35. The van der Waals surface area contributed by atoms with Gasteiger partial charge in [-0.25, -0.2) is 9.97 Å². The molecule has 0 radical (unpaired) electrons. The maximum atomic E-state index is 13.0. The number of aliphatic carboxylic acids is 1. The molecule has 2 heterocycles. The van der Waals surface area contributed by atoms with E-state index in [1.165, 1.54) is 25.4 Å². The Labute approximate surface area is 150 Å². The van der Waals surface area contributed by atoms with E-state index in [4.69, 9.17) is 9.47 Å². The van der Waals surface area contributed by atoms with Crippen molar-refractivity contribution in [1.82, 2.24) is 14.9 Å². The average Bonchev–Trinajstić information content (AvgIpc) is 3.13. The first-order chi connectivity index (χ1) is 12.6. The van der Waals surface area contributed by atoms with Crippen LogP contribution in [0.2, 0.25) is 0 Å². The number of carbonyl (C=O) groups excluding carboxylic acids is 1. The van der Waals surface area contributed by atoms with Gasteiger partial charge in [0.25, 0.3) is 5.91 Å². The zero-order valence-electron chi connectivity index (χ0n) is 14.5. The lowest BCUT2D eigenvalue weighted by Crippen LogP contribution is -2.31. The number of hydrogen-bond acceptors (Lipinski definition) is 6. The predicted molar refractivity (Wildman–Crippen MR) is 91.3 cm³/mol. The Morgan fingerprint density at radius 1 is 1.08 bits per heavy atom. The standard InChI is InChI=1S/C18H19N3O5/c1-25-15-14(16(26-2)20-10-19-15)17(22)21-8-12(13(9-21)18(23)24)11-6-4-3-5-7-11/h3-7,10,12-13H,8-9H2,1-2H3,(H,23,24)/t12-,13-/m0/s1. The van der Waals surface area contributed by atoms with Crippen molar-refractivity contribution in [2.45, 2.75) is 5.92 Å². The highest BCUT2D eigenvalue weighted by Gasteiger charge is 2.42. The zero-order chi connectivity index (χ0) is 18.7. The Morgan fingerprint density at radius 2 is 1.69 bits per heavy atom. The molecule has 1 aromatic carbocycles. The van der Waals surface area contributed by atoms with Crippen LogP contribution in [0.5, 0.6) is 11.8 Å². The van der Waals surface area contributed by atoms with Crippen molar-refractivity contribution in [2.24, 2.45) is 5.92 Å². The second kappa shape index (κ2) is 7.38. The molecule has 1 saturated heterocycles. The van der Waals surface area contributed by atoms with Gasteiger partial charge < -0.3 is 19.5 Å². The van der Waals surface area contributed by atoms with E-state index in [0.717, 1.165) is 5.56 Å². The van der Waals surface area contributed by atoms with Gasteiger partial charge in [0.15, 0.2) is 5.56 Å². The maximum Gasteiger partial charge on any atom is 0.308 e. The van der Waals surface area contributed by atoms with Crippen LogP contribution < -0.4 is 9.47 Å². The smallest absolute Gasteiger partial charge is 0.308 e. The van der Waals surface area contributed by atoms with Gasteiger partial charge in [-0.15, -0.1) is 0 Å². The molecule has 1 aromatic heterocycles. The van der Waals surface area contributed by atoms with Crippen molar-refractivity contribution >= 4 is 11.9 Å². The lowest BCUT2D eigenvalue weighted by atomic mass is 9.89. The molecule has 8 heteroatoms. The summed E-state index contributed by atoms with van der Waals surface area (Å²) in [6, 6.07) is 9.34. The number of benzene rings is 1.